The molecular weight excluding hydrogens is 196 g/mol. The van der Waals surface area contributed by atoms with Crippen LogP contribution in [0.1, 0.15) is 13.3 Å². The second-order valence-electron chi connectivity index (χ2n) is 3.47. The summed E-state index contributed by atoms with van der Waals surface area (Å²) >= 11 is 0. The van der Waals surface area contributed by atoms with Crippen LogP contribution in [-0.4, -0.2) is 57.4 Å². The zero-order chi connectivity index (χ0) is 11.7. The number of esters is 1. The predicted octanol–water partition coefficient (Wildman–Crippen LogP) is -0.155. The van der Waals surface area contributed by atoms with Crippen LogP contribution < -0.4 is 5.73 Å². The van der Waals surface area contributed by atoms with Crippen molar-refractivity contribution in [1.82, 2.24) is 4.90 Å². The van der Waals surface area contributed by atoms with Gasteiger partial charge >= 0.3 is 5.97 Å². The molecule has 0 aromatic rings. The molecule has 0 fully saturated rings. The lowest BCUT2D eigenvalue weighted by atomic mass is 10.3. The molecule has 1 unspecified atom stereocenters. The largest absolute Gasteiger partial charge is 0.465 e. The van der Waals surface area contributed by atoms with Gasteiger partial charge in [-0.3, -0.25) is 4.79 Å². The Hall–Kier alpha value is -0.650. The smallest absolute Gasteiger partial charge is 0.324 e. The molecule has 0 spiro atoms. The third kappa shape index (κ3) is 7.30. The average Bonchev–Trinajstić information content (AvgIpc) is 2.18. The molecule has 0 radical (unpaired) electrons. The number of rotatable bonds is 8. The van der Waals surface area contributed by atoms with Crippen LogP contribution in [0, 0.1) is 0 Å². The number of ether oxygens (including phenoxy) is 2. The summed E-state index contributed by atoms with van der Waals surface area (Å²) in [6.45, 7) is 4.25. The van der Waals surface area contributed by atoms with E-state index in [2.05, 4.69) is 0 Å². The maximum absolute atomic E-state index is 11.2. The van der Waals surface area contributed by atoms with Crippen LogP contribution in [0.15, 0.2) is 0 Å². The van der Waals surface area contributed by atoms with E-state index in [4.69, 9.17) is 15.2 Å². The van der Waals surface area contributed by atoms with Gasteiger partial charge in [-0.05, 0) is 20.4 Å². The summed E-state index contributed by atoms with van der Waals surface area (Å²) in [6.07, 6.45) is 0.933. The molecular formula is C10H22N2O3. The molecule has 90 valence electrons. The number of carbonyl (C=O) groups excluding carboxylic acids is 1. The number of carbonyl (C=O) groups is 1. The van der Waals surface area contributed by atoms with Crippen molar-refractivity contribution in [3.63, 3.8) is 0 Å². The second-order valence-corrected chi connectivity index (χ2v) is 3.47. The first-order chi connectivity index (χ1) is 7.11. The number of hydrogen-bond acceptors (Lipinski definition) is 5. The van der Waals surface area contributed by atoms with Crippen molar-refractivity contribution in [2.75, 3.05) is 40.5 Å². The number of nitrogens with two attached hydrogens (primary N) is 1. The quantitative estimate of drug-likeness (QED) is 0.453. The van der Waals surface area contributed by atoms with Gasteiger partial charge in [0.05, 0.1) is 6.61 Å². The zero-order valence-electron chi connectivity index (χ0n) is 9.86. The summed E-state index contributed by atoms with van der Waals surface area (Å²) in [7, 11) is 3.60. The minimum atomic E-state index is -0.558. The first-order valence-electron chi connectivity index (χ1n) is 5.21. The normalized spacial score (nSPS) is 12.9. The van der Waals surface area contributed by atoms with E-state index in [9.17, 15) is 4.79 Å². The van der Waals surface area contributed by atoms with Crippen LogP contribution in [0.2, 0.25) is 0 Å². The fraction of sp³-hybridized carbons (Fsp3) is 0.900. The van der Waals surface area contributed by atoms with Crippen molar-refractivity contribution in [2.45, 2.75) is 19.4 Å². The van der Waals surface area contributed by atoms with Crippen molar-refractivity contribution in [3.8, 4) is 0 Å². The minimum absolute atomic E-state index is 0.337. The Labute approximate surface area is 91.5 Å². The van der Waals surface area contributed by atoms with E-state index < -0.39 is 6.04 Å². The second kappa shape index (κ2) is 8.64. The van der Waals surface area contributed by atoms with Crippen LogP contribution >= 0.6 is 0 Å². The molecule has 0 aromatic heterocycles. The highest BCUT2D eigenvalue weighted by molar-refractivity contribution is 5.75. The van der Waals surface area contributed by atoms with E-state index in [1.54, 1.807) is 14.0 Å². The first kappa shape index (κ1) is 14.3. The average molecular weight is 218 g/mol. The van der Waals surface area contributed by atoms with Gasteiger partial charge in [-0.1, -0.05) is 0 Å². The van der Waals surface area contributed by atoms with Gasteiger partial charge in [0.2, 0.25) is 0 Å². The molecule has 0 saturated carbocycles. The lowest BCUT2D eigenvalue weighted by molar-refractivity contribution is -0.145. The molecule has 15 heavy (non-hydrogen) atoms. The Morgan fingerprint density at radius 2 is 2.20 bits per heavy atom. The maximum atomic E-state index is 11.2. The lowest BCUT2D eigenvalue weighted by Gasteiger charge is -2.19. The van der Waals surface area contributed by atoms with Gasteiger partial charge in [0.1, 0.15) is 6.04 Å². The van der Waals surface area contributed by atoms with Crippen molar-refractivity contribution in [3.05, 3.63) is 0 Å². The molecule has 0 aliphatic rings. The first-order valence-corrected chi connectivity index (χ1v) is 5.21. The summed E-state index contributed by atoms with van der Waals surface area (Å²) in [4.78, 5) is 13.2. The van der Waals surface area contributed by atoms with Crippen LogP contribution in [0.25, 0.3) is 0 Å². The van der Waals surface area contributed by atoms with E-state index in [0.717, 1.165) is 19.6 Å². The summed E-state index contributed by atoms with van der Waals surface area (Å²) < 4.78 is 9.75. The maximum Gasteiger partial charge on any atom is 0.324 e. The predicted molar refractivity (Wildman–Crippen MR) is 58.6 cm³/mol. The molecule has 0 aromatic carbocycles. The number of methoxy groups -OCH3 is 1. The van der Waals surface area contributed by atoms with Gasteiger partial charge in [0, 0.05) is 26.8 Å². The molecule has 1 atom stereocenters. The van der Waals surface area contributed by atoms with Crippen LogP contribution in [0.5, 0.6) is 0 Å². The van der Waals surface area contributed by atoms with E-state index in [-0.39, 0.29) is 5.97 Å². The zero-order valence-corrected chi connectivity index (χ0v) is 9.86. The van der Waals surface area contributed by atoms with Gasteiger partial charge in [0.15, 0.2) is 0 Å². The summed E-state index contributed by atoms with van der Waals surface area (Å²) in [5.74, 6) is -0.337. The number of likely N-dealkylation sites (N-methyl/N-ethyl adjacent to an activating group) is 1. The van der Waals surface area contributed by atoms with E-state index in [1.165, 1.54) is 0 Å². The monoisotopic (exact) mass is 218 g/mol. The van der Waals surface area contributed by atoms with Gasteiger partial charge < -0.3 is 20.1 Å². The molecule has 0 bridgehead atoms. The topological polar surface area (TPSA) is 64.8 Å². The fourth-order valence-electron chi connectivity index (χ4n) is 1.23. The highest BCUT2D eigenvalue weighted by atomic mass is 16.5. The van der Waals surface area contributed by atoms with Gasteiger partial charge in [-0.15, -0.1) is 0 Å². The molecule has 0 aliphatic carbocycles. The standard InChI is InChI=1S/C10H22N2O3/c1-4-15-10(13)9(11)8-12(2)6-5-7-14-3/h9H,4-8,11H2,1-3H3. The SMILES string of the molecule is CCOC(=O)C(N)CN(C)CCCOC. The van der Waals surface area contributed by atoms with E-state index in [0.29, 0.717) is 13.2 Å². The van der Waals surface area contributed by atoms with Crippen molar-refractivity contribution in [1.29, 1.82) is 0 Å². The third-order valence-electron chi connectivity index (χ3n) is 1.99. The van der Waals surface area contributed by atoms with Crippen LogP contribution in [-0.2, 0) is 14.3 Å². The molecule has 0 saturated heterocycles. The lowest BCUT2D eigenvalue weighted by Crippen LogP contribution is -2.42. The summed E-state index contributed by atoms with van der Waals surface area (Å²) in [6, 6.07) is -0.558. The molecule has 0 aliphatic heterocycles. The molecule has 5 heteroatoms. The van der Waals surface area contributed by atoms with Crippen molar-refractivity contribution >= 4 is 5.97 Å². The Balaban J connectivity index is 3.65. The summed E-state index contributed by atoms with van der Waals surface area (Å²) in [5.41, 5.74) is 5.66. The molecule has 2 N–H and O–H groups in total. The Bertz CT molecular complexity index is 176. The number of nitrogens with zero attached hydrogens (tertiary/aromatic N) is 1. The Morgan fingerprint density at radius 1 is 1.53 bits per heavy atom. The van der Waals surface area contributed by atoms with Crippen molar-refractivity contribution in [2.24, 2.45) is 5.73 Å². The fourth-order valence-corrected chi connectivity index (χ4v) is 1.23. The molecule has 0 heterocycles. The van der Waals surface area contributed by atoms with Gasteiger partial charge in [0.25, 0.3) is 0 Å². The van der Waals surface area contributed by atoms with E-state index in [1.807, 2.05) is 11.9 Å². The Kier molecular flexibility index (Phi) is 8.27. The molecule has 5 nitrogen and oxygen atoms in total. The van der Waals surface area contributed by atoms with Crippen molar-refractivity contribution < 1.29 is 14.3 Å². The molecule has 0 rings (SSSR count). The number of hydrogen-bond donors (Lipinski definition) is 1. The Morgan fingerprint density at radius 3 is 2.73 bits per heavy atom. The highest BCUT2D eigenvalue weighted by Gasteiger charge is 2.16. The van der Waals surface area contributed by atoms with Gasteiger partial charge in [-0.25, -0.2) is 0 Å². The van der Waals surface area contributed by atoms with E-state index >= 15 is 0 Å². The summed E-state index contributed by atoms with van der Waals surface area (Å²) in [5, 5.41) is 0. The third-order valence-corrected chi connectivity index (χ3v) is 1.99. The molecule has 0 amide bonds. The highest BCUT2D eigenvalue weighted by Crippen LogP contribution is 1.93. The van der Waals surface area contributed by atoms with Crippen LogP contribution in [0.3, 0.4) is 0 Å². The minimum Gasteiger partial charge on any atom is -0.465 e. The van der Waals surface area contributed by atoms with Crippen LogP contribution in [0.4, 0.5) is 0 Å². The van der Waals surface area contributed by atoms with Gasteiger partial charge in [-0.2, -0.15) is 0 Å².